The van der Waals surface area contributed by atoms with Crippen LogP contribution >= 0.6 is 11.3 Å². The molecule has 2 saturated carbocycles. The minimum Gasteiger partial charge on any atom is -0.309 e. The third-order valence-electron chi connectivity index (χ3n) is 3.97. The normalized spacial score (nSPS) is 19.8. The zero-order valence-electron chi connectivity index (χ0n) is 12.1. The van der Waals surface area contributed by atoms with E-state index in [4.69, 9.17) is 0 Å². The molecule has 0 saturated heterocycles. The molecule has 112 valence electrons. The summed E-state index contributed by atoms with van der Waals surface area (Å²) < 4.78 is 26.7. The van der Waals surface area contributed by atoms with Crippen LogP contribution in [-0.4, -0.2) is 32.4 Å². The van der Waals surface area contributed by atoms with Gasteiger partial charge in [0.15, 0.2) is 0 Å². The molecule has 1 N–H and O–H groups in total. The summed E-state index contributed by atoms with van der Waals surface area (Å²) in [5.74, 6) is 0.574. The SMILES string of the molecule is Cc1sc(CNC2CC2)cc1S(=O)(=O)N(C)CC1CC1. The van der Waals surface area contributed by atoms with Gasteiger partial charge in [-0.2, -0.15) is 0 Å². The number of nitrogens with one attached hydrogen (secondary N) is 1. The van der Waals surface area contributed by atoms with E-state index in [1.54, 1.807) is 18.4 Å². The number of hydrogen-bond acceptors (Lipinski definition) is 4. The van der Waals surface area contributed by atoms with E-state index >= 15 is 0 Å². The summed E-state index contributed by atoms with van der Waals surface area (Å²) in [6, 6.07) is 2.50. The number of aryl methyl sites for hydroxylation is 1. The Morgan fingerprint density at radius 3 is 2.65 bits per heavy atom. The third kappa shape index (κ3) is 3.24. The first-order chi connectivity index (χ1) is 9.46. The molecule has 6 heteroatoms. The average molecular weight is 314 g/mol. The highest BCUT2D eigenvalue weighted by molar-refractivity contribution is 7.89. The molecule has 1 aromatic rings. The summed E-state index contributed by atoms with van der Waals surface area (Å²) in [4.78, 5) is 2.52. The average Bonchev–Trinajstić information content (AvgIpc) is 3.28. The van der Waals surface area contributed by atoms with E-state index < -0.39 is 10.0 Å². The maximum Gasteiger partial charge on any atom is 0.243 e. The van der Waals surface area contributed by atoms with Gasteiger partial charge in [0.1, 0.15) is 0 Å². The number of hydrogen-bond donors (Lipinski definition) is 1. The summed E-state index contributed by atoms with van der Waals surface area (Å²) in [5.41, 5.74) is 0. The molecular weight excluding hydrogens is 292 g/mol. The van der Waals surface area contributed by atoms with Crippen molar-refractivity contribution in [1.29, 1.82) is 0 Å². The van der Waals surface area contributed by atoms with Crippen molar-refractivity contribution in [2.45, 2.75) is 50.1 Å². The molecule has 0 atom stereocenters. The van der Waals surface area contributed by atoms with Gasteiger partial charge in [0, 0.05) is 35.9 Å². The molecule has 20 heavy (non-hydrogen) atoms. The van der Waals surface area contributed by atoms with Crippen LogP contribution in [0.5, 0.6) is 0 Å². The van der Waals surface area contributed by atoms with Crippen molar-refractivity contribution in [1.82, 2.24) is 9.62 Å². The van der Waals surface area contributed by atoms with Crippen molar-refractivity contribution in [3.8, 4) is 0 Å². The van der Waals surface area contributed by atoms with Gasteiger partial charge in [0.2, 0.25) is 10.0 Å². The standard InChI is InChI=1S/C14H22N2O2S2/c1-10-14(7-13(19-10)8-15-12-5-6-12)20(17,18)16(2)9-11-3-4-11/h7,11-12,15H,3-6,8-9H2,1-2H3. The van der Waals surface area contributed by atoms with Crippen LogP contribution in [-0.2, 0) is 16.6 Å². The van der Waals surface area contributed by atoms with Crippen molar-refractivity contribution in [3.63, 3.8) is 0 Å². The zero-order valence-corrected chi connectivity index (χ0v) is 13.7. The monoisotopic (exact) mass is 314 g/mol. The van der Waals surface area contributed by atoms with Crippen molar-refractivity contribution in [3.05, 3.63) is 15.8 Å². The van der Waals surface area contributed by atoms with Gasteiger partial charge in [0.05, 0.1) is 4.90 Å². The topological polar surface area (TPSA) is 49.4 Å². The Balaban J connectivity index is 1.73. The van der Waals surface area contributed by atoms with Crippen LogP contribution in [0.15, 0.2) is 11.0 Å². The molecule has 0 amide bonds. The molecular formula is C14H22N2O2S2. The molecule has 0 unspecified atom stereocenters. The van der Waals surface area contributed by atoms with E-state index in [1.165, 1.54) is 30.0 Å². The molecule has 2 aliphatic carbocycles. The Labute approximate surface area is 125 Å². The van der Waals surface area contributed by atoms with Crippen LogP contribution in [0.25, 0.3) is 0 Å². The minimum atomic E-state index is -3.31. The number of sulfonamides is 1. The Morgan fingerprint density at radius 2 is 2.05 bits per heavy atom. The van der Waals surface area contributed by atoms with Crippen molar-refractivity contribution >= 4 is 21.4 Å². The predicted molar refractivity (Wildman–Crippen MR) is 81.5 cm³/mol. The first-order valence-electron chi connectivity index (χ1n) is 7.26. The molecule has 0 aromatic carbocycles. The highest BCUT2D eigenvalue weighted by Crippen LogP contribution is 2.33. The zero-order chi connectivity index (χ0) is 14.3. The Bertz CT molecular complexity index is 586. The fourth-order valence-corrected chi connectivity index (χ4v) is 5.13. The first-order valence-corrected chi connectivity index (χ1v) is 9.51. The molecule has 0 bridgehead atoms. The smallest absolute Gasteiger partial charge is 0.243 e. The lowest BCUT2D eigenvalue weighted by Gasteiger charge is -2.16. The lowest BCUT2D eigenvalue weighted by atomic mass is 10.4. The minimum absolute atomic E-state index is 0.498. The van der Waals surface area contributed by atoms with Crippen LogP contribution in [0, 0.1) is 12.8 Å². The van der Waals surface area contributed by atoms with E-state index in [1.807, 2.05) is 13.0 Å². The first kappa shape index (κ1) is 14.5. The van der Waals surface area contributed by atoms with E-state index in [-0.39, 0.29) is 0 Å². The van der Waals surface area contributed by atoms with E-state index in [9.17, 15) is 8.42 Å². The molecule has 1 heterocycles. The summed E-state index contributed by atoms with van der Waals surface area (Å²) in [6.45, 7) is 3.36. The summed E-state index contributed by atoms with van der Waals surface area (Å²) in [6.07, 6.45) is 4.83. The van der Waals surface area contributed by atoms with Gasteiger partial charge in [-0.05, 0) is 44.6 Å². The van der Waals surface area contributed by atoms with Crippen LogP contribution in [0.2, 0.25) is 0 Å². The number of thiophene rings is 1. The van der Waals surface area contributed by atoms with E-state index in [2.05, 4.69) is 5.32 Å². The number of nitrogens with zero attached hydrogens (tertiary/aromatic N) is 1. The van der Waals surface area contributed by atoms with Gasteiger partial charge in [-0.1, -0.05) is 0 Å². The second-order valence-corrected chi connectivity index (χ2v) is 9.37. The van der Waals surface area contributed by atoms with Gasteiger partial charge >= 0.3 is 0 Å². The fraction of sp³-hybridized carbons (Fsp3) is 0.714. The van der Waals surface area contributed by atoms with Gasteiger partial charge in [0.25, 0.3) is 0 Å². The lowest BCUT2D eigenvalue weighted by Crippen LogP contribution is -2.29. The van der Waals surface area contributed by atoms with Crippen molar-refractivity contribution < 1.29 is 8.42 Å². The van der Waals surface area contributed by atoms with Gasteiger partial charge in [-0.25, -0.2) is 12.7 Å². The molecule has 4 nitrogen and oxygen atoms in total. The Hall–Kier alpha value is -0.430. The van der Waals surface area contributed by atoms with Crippen LogP contribution in [0.3, 0.4) is 0 Å². The molecule has 1 aromatic heterocycles. The van der Waals surface area contributed by atoms with Crippen LogP contribution in [0.1, 0.15) is 35.4 Å². The third-order valence-corrected chi connectivity index (χ3v) is 7.10. The van der Waals surface area contributed by atoms with Crippen molar-refractivity contribution in [2.75, 3.05) is 13.6 Å². The molecule has 3 rings (SSSR count). The lowest BCUT2D eigenvalue weighted by molar-refractivity contribution is 0.452. The highest BCUT2D eigenvalue weighted by Gasteiger charge is 2.31. The second kappa shape index (κ2) is 5.40. The quantitative estimate of drug-likeness (QED) is 0.840. The van der Waals surface area contributed by atoms with Gasteiger partial charge in [-0.3, -0.25) is 0 Å². The molecule has 2 aliphatic rings. The Kier molecular flexibility index (Phi) is 3.92. The van der Waals surface area contributed by atoms with E-state index in [0.717, 1.165) is 16.3 Å². The summed E-state index contributed by atoms with van der Waals surface area (Å²) in [7, 11) is -1.61. The van der Waals surface area contributed by atoms with Gasteiger partial charge in [-0.15, -0.1) is 11.3 Å². The highest BCUT2D eigenvalue weighted by atomic mass is 32.2. The fourth-order valence-electron chi connectivity index (χ4n) is 2.33. The molecule has 0 aliphatic heterocycles. The van der Waals surface area contributed by atoms with Gasteiger partial charge < -0.3 is 5.32 Å². The predicted octanol–water partition coefficient (Wildman–Crippen LogP) is 2.34. The maximum atomic E-state index is 12.6. The maximum absolute atomic E-state index is 12.6. The van der Waals surface area contributed by atoms with Crippen LogP contribution < -0.4 is 5.32 Å². The van der Waals surface area contributed by atoms with E-state index in [0.29, 0.717) is 23.4 Å². The van der Waals surface area contributed by atoms with Crippen molar-refractivity contribution in [2.24, 2.45) is 5.92 Å². The summed E-state index contributed by atoms with van der Waals surface area (Å²) in [5, 5.41) is 3.44. The molecule has 0 spiro atoms. The number of rotatable bonds is 7. The second-order valence-electron chi connectivity index (χ2n) is 6.02. The molecule has 2 fully saturated rings. The molecule has 0 radical (unpaired) electrons. The largest absolute Gasteiger partial charge is 0.309 e. The van der Waals surface area contributed by atoms with Crippen LogP contribution in [0.4, 0.5) is 0 Å². The summed E-state index contributed by atoms with van der Waals surface area (Å²) >= 11 is 1.59. The Morgan fingerprint density at radius 1 is 1.35 bits per heavy atom.